The molecule has 39 heavy (non-hydrogen) atoms. The van der Waals surface area contributed by atoms with E-state index in [9.17, 15) is 20.4 Å². The van der Waals surface area contributed by atoms with Gasteiger partial charge in [0, 0.05) is 59.0 Å². The third-order valence-corrected chi connectivity index (χ3v) is 7.88. The van der Waals surface area contributed by atoms with Crippen LogP contribution in [-0.2, 0) is 12.8 Å². The molecule has 3 atom stereocenters. The number of phenols is 2. The molecule has 0 saturated heterocycles. The molecule has 0 spiro atoms. The van der Waals surface area contributed by atoms with Crippen molar-refractivity contribution in [1.82, 2.24) is 0 Å². The second kappa shape index (κ2) is 9.71. The summed E-state index contributed by atoms with van der Waals surface area (Å²) in [6.45, 7) is 0.322. The second-order valence-corrected chi connectivity index (χ2v) is 9.96. The summed E-state index contributed by atoms with van der Waals surface area (Å²) < 4.78 is 22.8. The van der Waals surface area contributed by atoms with E-state index in [-0.39, 0.29) is 42.8 Å². The van der Waals surface area contributed by atoms with Gasteiger partial charge in [0.1, 0.15) is 17.2 Å². The highest BCUT2D eigenvalue weighted by molar-refractivity contribution is 5.93. The number of nitrogens with one attached hydrogen (secondary N) is 1. The van der Waals surface area contributed by atoms with Crippen molar-refractivity contribution in [3.05, 3.63) is 52.1 Å². The van der Waals surface area contributed by atoms with Crippen molar-refractivity contribution < 1.29 is 44.5 Å². The number of aliphatic hydroxyl groups is 3. The zero-order valence-electron chi connectivity index (χ0n) is 21.7. The van der Waals surface area contributed by atoms with Crippen LogP contribution in [0.2, 0.25) is 0 Å². The molecule has 0 radical (unpaired) electrons. The van der Waals surface area contributed by atoms with E-state index in [1.807, 2.05) is 0 Å². The number of phenolic OH excluding ortho intramolecular Hbond substituents is 2. The first-order valence-electron chi connectivity index (χ1n) is 12.9. The summed E-state index contributed by atoms with van der Waals surface area (Å²) >= 11 is 0. The van der Waals surface area contributed by atoms with Crippen LogP contribution >= 0.6 is 0 Å². The van der Waals surface area contributed by atoms with E-state index in [2.05, 4.69) is 5.32 Å². The van der Waals surface area contributed by atoms with E-state index in [1.54, 1.807) is 25.3 Å². The van der Waals surface area contributed by atoms with Crippen LogP contribution in [0.1, 0.15) is 52.5 Å². The Labute approximate surface area is 225 Å². The highest BCUT2D eigenvalue weighted by Gasteiger charge is 2.41. The van der Waals surface area contributed by atoms with Gasteiger partial charge in [0.2, 0.25) is 5.75 Å². The topological polar surface area (TPSA) is 150 Å². The first-order valence-corrected chi connectivity index (χ1v) is 12.9. The largest absolute Gasteiger partial charge is 0.507 e. The number of ether oxygens (including phenoxy) is 4. The Kier molecular flexibility index (Phi) is 6.33. The standard InChI is InChI=1S/C29H31NO9/c1-36-19-11-18(32)26-25-14(19)4-5-15-23(25)17(30-29(26)35)10-20-24(15)27(33)16(12-39-20)13-8-21(37-2)28(34)22(9-13)38-7-3-6-31/h8-11,16,27,29-35H,3-7,12H2,1-2H3/t16-,27+,29-/m1/s1. The smallest absolute Gasteiger partial charge is 0.200 e. The number of anilines is 1. The number of aliphatic hydroxyl groups excluding tert-OH is 3. The van der Waals surface area contributed by atoms with Crippen molar-refractivity contribution in [2.45, 2.75) is 37.5 Å². The van der Waals surface area contributed by atoms with Gasteiger partial charge in [-0.05, 0) is 36.1 Å². The quantitative estimate of drug-likeness (QED) is 0.248. The molecule has 10 nitrogen and oxygen atoms in total. The van der Waals surface area contributed by atoms with E-state index in [4.69, 9.17) is 24.1 Å². The molecule has 2 aliphatic heterocycles. The highest BCUT2D eigenvalue weighted by atomic mass is 16.5. The zero-order valence-corrected chi connectivity index (χ0v) is 21.7. The zero-order chi connectivity index (χ0) is 27.4. The average Bonchev–Trinajstić information content (AvgIpc) is 2.93. The van der Waals surface area contributed by atoms with Gasteiger partial charge in [0.05, 0.1) is 39.1 Å². The van der Waals surface area contributed by atoms with Crippen molar-refractivity contribution in [3.8, 4) is 45.6 Å². The molecule has 0 unspecified atom stereocenters. The molecule has 0 aromatic heterocycles. The Morgan fingerprint density at radius 1 is 0.923 bits per heavy atom. The lowest BCUT2D eigenvalue weighted by Gasteiger charge is -2.39. The Hall–Kier alpha value is -3.86. The predicted molar refractivity (Wildman–Crippen MR) is 141 cm³/mol. The van der Waals surface area contributed by atoms with Gasteiger partial charge in [-0.25, -0.2) is 0 Å². The highest BCUT2D eigenvalue weighted by Crippen LogP contribution is 2.57. The average molecular weight is 538 g/mol. The lowest BCUT2D eigenvalue weighted by molar-refractivity contribution is 0.0877. The summed E-state index contributed by atoms with van der Waals surface area (Å²) in [5.74, 6) is 0.755. The lowest BCUT2D eigenvalue weighted by atomic mass is 9.74. The molecule has 0 fully saturated rings. The number of hydrogen-bond acceptors (Lipinski definition) is 10. The molecule has 3 aliphatic rings. The molecule has 6 N–H and O–H groups in total. The van der Waals surface area contributed by atoms with Crippen LogP contribution in [0, 0.1) is 0 Å². The Morgan fingerprint density at radius 2 is 1.67 bits per heavy atom. The number of methoxy groups -OCH3 is 2. The van der Waals surface area contributed by atoms with Crippen LogP contribution in [0.4, 0.5) is 5.69 Å². The molecular formula is C29H31NO9. The van der Waals surface area contributed by atoms with Crippen LogP contribution in [0.25, 0.3) is 11.1 Å². The number of benzene rings is 3. The Balaban J connectivity index is 1.47. The summed E-state index contributed by atoms with van der Waals surface area (Å²) in [4.78, 5) is 0. The van der Waals surface area contributed by atoms with E-state index in [1.165, 1.54) is 13.2 Å². The minimum absolute atomic E-state index is 0.0446. The monoisotopic (exact) mass is 537 g/mol. The fraction of sp³-hybridized carbons (Fsp3) is 0.379. The minimum atomic E-state index is -1.11. The molecular weight excluding hydrogens is 506 g/mol. The number of aromatic hydroxyl groups is 2. The maximum absolute atomic E-state index is 11.8. The molecule has 3 aromatic rings. The Bertz CT molecular complexity index is 1450. The number of rotatable bonds is 7. The number of hydrogen-bond donors (Lipinski definition) is 6. The Morgan fingerprint density at radius 3 is 2.41 bits per heavy atom. The van der Waals surface area contributed by atoms with Gasteiger partial charge in [-0.3, -0.25) is 0 Å². The summed E-state index contributed by atoms with van der Waals surface area (Å²) in [5, 5.41) is 56.1. The normalized spacial score (nSPS) is 20.3. The van der Waals surface area contributed by atoms with Gasteiger partial charge < -0.3 is 49.8 Å². The number of fused-ring (bicyclic) bond motifs is 2. The first-order chi connectivity index (χ1) is 18.9. The van der Waals surface area contributed by atoms with Crippen LogP contribution in [0.5, 0.6) is 34.5 Å². The van der Waals surface area contributed by atoms with Crippen LogP contribution < -0.4 is 24.3 Å². The van der Waals surface area contributed by atoms with Gasteiger partial charge >= 0.3 is 0 Å². The molecule has 0 amide bonds. The van der Waals surface area contributed by atoms with E-state index < -0.39 is 18.2 Å². The van der Waals surface area contributed by atoms with E-state index >= 15 is 0 Å². The summed E-state index contributed by atoms with van der Waals surface area (Å²) in [5.41, 5.74) is 5.67. The van der Waals surface area contributed by atoms with E-state index in [0.29, 0.717) is 53.1 Å². The summed E-state index contributed by atoms with van der Waals surface area (Å²) in [6.07, 6.45) is -0.483. The molecule has 1 aliphatic carbocycles. The maximum Gasteiger partial charge on any atom is 0.200 e. The lowest BCUT2D eigenvalue weighted by Crippen LogP contribution is -2.29. The molecule has 3 aromatic carbocycles. The van der Waals surface area contributed by atoms with Crippen molar-refractivity contribution in [3.63, 3.8) is 0 Å². The van der Waals surface area contributed by atoms with Crippen molar-refractivity contribution in [2.24, 2.45) is 0 Å². The van der Waals surface area contributed by atoms with Gasteiger partial charge in [-0.1, -0.05) is 0 Å². The third-order valence-electron chi connectivity index (χ3n) is 7.88. The van der Waals surface area contributed by atoms with Crippen LogP contribution in [0.3, 0.4) is 0 Å². The molecule has 0 saturated carbocycles. The van der Waals surface area contributed by atoms with Crippen molar-refractivity contribution in [2.75, 3.05) is 39.4 Å². The minimum Gasteiger partial charge on any atom is -0.507 e. The fourth-order valence-corrected chi connectivity index (χ4v) is 6.07. The van der Waals surface area contributed by atoms with Gasteiger partial charge in [-0.15, -0.1) is 0 Å². The van der Waals surface area contributed by atoms with Crippen LogP contribution in [-0.4, -0.2) is 59.6 Å². The molecule has 0 bridgehead atoms. The molecule has 10 heteroatoms. The van der Waals surface area contributed by atoms with E-state index in [0.717, 1.165) is 22.3 Å². The fourth-order valence-electron chi connectivity index (χ4n) is 6.07. The second-order valence-electron chi connectivity index (χ2n) is 9.96. The van der Waals surface area contributed by atoms with Crippen molar-refractivity contribution >= 4 is 5.69 Å². The van der Waals surface area contributed by atoms with Gasteiger partial charge in [0.15, 0.2) is 17.7 Å². The van der Waals surface area contributed by atoms with Crippen LogP contribution in [0.15, 0.2) is 24.3 Å². The summed E-state index contributed by atoms with van der Waals surface area (Å²) in [7, 11) is 2.99. The molecule has 206 valence electrons. The molecule has 2 heterocycles. The summed E-state index contributed by atoms with van der Waals surface area (Å²) in [6, 6.07) is 6.64. The SMILES string of the molecule is COc1cc([C@H]2COc3cc4c5c(c3[C@H]2O)CCc2c(OC)cc(O)c(c2-5)[C@@H](O)N4)cc(OCCCO)c1O. The predicted octanol–water partition coefficient (Wildman–Crippen LogP) is 3.27. The molecule has 6 rings (SSSR count). The third kappa shape index (κ3) is 3.90. The first kappa shape index (κ1) is 25.4. The van der Waals surface area contributed by atoms with Crippen molar-refractivity contribution in [1.29, 1.82) is 0 Å². The maximum atomic E-state index is 11.8. The van der Waals surface area contributed by atoms with Gasteiger partial charge in [-0.2, -0.15) is 0 Å². The van der Waals surface area contributed by atoms with Gasteiger partial charge in [0.25, 0.3) is 0 Å².